The van der Waals surface area contributed by atoms with Crippen LogP contribution in [0.15, 0.2) is 21.2 Å². The second kappa shape index (κ2) is 9.63. The van der Waals surface area contributed by atoms with Crippen LogP contribution in [-0.4, -0.2) is 62.0 Å². The van der Waals surface area contributed by atoms with Crippen molar-refractivity contribution in [1.82, 2.24) is 9.80 Å². The van der Waals surface area contributed by atoms with Gasteiger partial charge in [-0.3, -0.25) is 9.59 Å². The van der Waals surface area contributed by atoms with Crippen molar-refractivity contribution < 1.29 is 18.7 Å². The Hall–Kier alpha value is -1.34. The highest BCUT2D eigenvalue weighted by Gasteiger charge is 2.20. The maximum absolute atomic E-state index is 12.4. The van der Waals surface area contributed by atoms with Crippen LogP contribution in [0.25, 0.3) is 0 Å². The third kappa shape index (κ3) is 6.62. The molecule has 0 saturated carbocycles. The number of nitrogens with zero attached hydrogens (tertiary/aromatic N) is 2. The fraction of sp³-hybridized carbons (Fsp3) is 0.600. The van der Waals surface area contributed by atoms with Gasteiger partial charge in [0.2, 0.25) is 0 Å². The molecule has 0 aromatic carbocycles. The Balaban J connectivity index is 2.63. The third-order valence-electron chi connectivity index (χ3n) is 3.00. The van der Waals surface area contributed by atoms with Crippen molar-refractivity contribution in [2.45, 2.75) is 19.8 Å². The van der Waals surface area contributed by atoms with E-state index in [1.807, 2.05) is 14.1 Å². The van der Waals surface area contributed by atoms with Gasteiger partial charge in [-0.1, -0.05) is 0 Å². The summed E-state index contributed by atoms with van der Waals surface area (Å²) in [6.45, 7) is 3.86. The predicted octanol–water partition coefficient (Wildman–Crippen LogP) is 2.39. The van der Waals surface area contributed by atoms with Gasteiger partial charge in [-0.25, -0.2) is 0 Å². The minimum absolute atomic E-state index is 0.184. The molecule has 1 rings (SSSR count). The molecule has 0 aliphatic rings. The number of carbonyl (C=O) groups excluding carboxylic acids is 2. The summed E-state index contributed by atoms with van der Waals surface area (Å²) in [4.78, 5) is 27.6. The first-order valence-corrected chi connectivity index (χ1v) is 8.08. The minimum atomic E-state index is -0.298. The van der Waals surface area contributed by atoms with Crippen molar-refractivity contribution in [3.05, 3.63) is 22.6 Å². The molecule has 0 radical (unpaired) electrons. The van der Waals surface area contributed by atoms with Gasteiger partial charge in [0.25, 0.3) is 5.91 Å². The second-order valence-corrected chi connectivity index (χ2v) is 5.89. The number of hydrogen-bond acceptors (Lipinski definition) is 5. The first-order chi connectivity index (χ1) is 10.4. The fourth-order valence-electron chi connectivity index (χ4n) is 1.94. The van der Waals surface area contributed by atoms with Crippen LogP contribution in [0.1, 0.15) is 30.3 Å². The van der Waals surface area contributed by atoms with Crippen LogP contribution in [0.4, 0.5) is 0 Å². The lowest BCUT2D eigenvalue weighted by Gasteiger charge is -2.22. The van der Waals surface area contributed by atoms with E-state index in [9.17, 15) is 9.59 Å². The molecule has 0 spiro atoms. The summed E-state index contributed by atoms with van der Waals surface area (Å²) in [7, 11) is 3.96. The van der Waals surface area contributed by atoms with E-state index in [0.717, 1.165) is 13.0 Å². The Morgan fingerprint density at radius 2 is 1.95 bits per heavy atom. The molecular formula is C15H23BrN2O4. The topological polar surface area (TPSA) is 63.0 Å². The molecule has 1 aromatic rings. The molecular weight excluding hydrogens is 352 g/mol. The first-order valence-electron chi connectivity index (χ1n) is 7.29. The number of esters is 1. The van der Waals surface area contributed by atoms with Gasteiger partial charge in [0.05, 0.1) is 13.0 Å². The number of furan rings is 1. The third-order valence-corrected chi connectivity index (χ3v) is 3.42. The van der Waals surface area contributed by atoms with E-state index >= 15 is 0 Å². The quantitative estimate of drug-likeness (QED) is 0.621. The lowest BCUT2D eigenvalue weighted by Crippen LogP contribution is -2.35. The smallest absolute Gasteiger partial charge is 0.307 e. The number of ether oxygens (including phenoxy) is 1. The molecule has 22 heavy (non-hydrogen) atoms. The summed E-state index contributed by atoms with van der Waals surface area (Å²) in [6, 6.07) is 3.30. The monoisotopic (exact) mass is 374 g/mol. The summed E-state index contributed by atoms with van der Waals surface area (Å²) in [6.07, 6.45) is 1.01. The van der Waals surface area contributed by atoms with Gasteiger partial charge in [-0.05, 0) is 62.0 Å². The zero-order chi connectivity index (χ0) is 16.5. The minimum Gasteiger partial charge on any atom is -0.466 e. The molecule has 0 aliphatic carbocycles. The highest BCUT2D eigenvalue weighted by atomic mass is 79.9. The molecule has 0 bridgehead atoms. The van der Waals surface area contributed by atoms with E-state index in [0.29, 0.717) is 24.4 Å². The molecule has 0 fully saturated rings. The van der Waals surface area contributed by atoms with Gasteiger partial charge in [-0.2, -0.15) is 0 Å². The zero-order valence-electron chi connectivity index (χ0n) is 13.3. The normalized spacial score (nSPS) is 10.8. The van der Waals surface area contributed by atoms with Gasteiger partial charge >= 0.3 is 5.97 Å². The maximum Gasteiger partial charge on any atom is 0.307 e. The van der Waals surface area contributed by atoms with E-state index in [-0.39, 0.29) is 24.1 Å². The maximum atomic E-state index is 12.4. The highest BCUT2D eigenvalue weighted by molar-refractivity contribution is 9.10. The zero-order valence-corrected chi connectivity index (χ0v) is 14.9. The van der Waals surface area contributed by atoms with E-state index in [1.54, 1.807) is 24.0 Å². The van der Waals surface area contributed by atoms with Crippen molar-refractivity contribution in [2.24, 2.45) is 0 Å². The Morgan fingerprint density at radius 1 is 1.23 bits per heavy atom. The Labute approximate surface area is 139 Å². The molecule has 1 aromatic heterocycles. The van der Waals surface area contributed by atoms with Crippen molar-refractivity contribution >= 4 is 27.8 Å². The van der Waals surface area contributed by atoms with Gasteiger partial charge < -0.3 is 19.0 Å². The molecule has 1 heterocycles. The van der Waals surface area contributed by atoms with Crippen LogP contribution in [0, 0.1) is 0 Å². The van der Waals surface area contributed by atoms with Crippen LogP contribution < -0.4 is 0 Å². The summed E-state index contributed by atoms with van der Waals surface area (Å²) < 4.78 is 10.7. The molecule has 0 atom stereocenters. The number of rotatable bonds is 9. The van der Waals surface area contributed by atoms with Crippen molar-refractivity contribution in [3.63, 3.8) is 0 Å². The molecule has 0 saturated heterocycles. The molecule has 1 amide bonds. The number of carbonyl (C=O) groups is 2. The lowest BCUT2D eigenvalue weighted by molar-refractivity contribution is -0.143. The average molecular weight is 375 g/mol. The lowest BCUT2D eigenvalue weighted by atomic mass is 10.3. The van der Waals surface area contributed by atoms with Crippen LogP contribution in [0.2, 0.25) is 0 Å². The largest absolute Gasteiger partial charge is 0.466 e. The summed E-state index contributed by atoms with van der Waals surface area (Å²) >= 11 is 3.19. The summed E-state index contributed by atoms with van der Waals surface area (Å²) in [5.41, 5.74) is 0. The molecule has 6 nitrogen and oxygen atoms in total. The van der Waals surface area contributed by atoms with Crippen LogP contribution in [-0.2, 0) is 9.53 Å². The number of hydrogen-bond donors (Lipinski definition) is 0. The summed E-state index contributed by atoms with van der Waals surface area (Å²) in [5, 5.41) is 0. The summed E-state index contributed by atoms with van der Waals surface area (Å²) in [5.74, 6) is -0.247. The SMILES string of the molecule is CCOC(=O)CCN(CCCN(C)C)C(=O)c1ccc(Br)o1. The van der Waals surface area contributed by atoms with E-state index in [2.05, 4.69) is 20.8 Å². The fourth-order valence-corrected chi connectivity index (χ4v) is 2.24. The average Bonchev–Trinajstić information content (AvgIpc) is 2.88. The van der Waals surface area contributed by atoms with E-state index in [1.165, 1.54) is 0 Å². The Bertz CT molecular complexity index is 488. The van der Waals surface area contributed by atoms with Crippen molar-refractivity contribution in [2.75, 3.05) is 40.3 Å². The van der Waals surface area contributed by atoms with E-state index in [4.69, 9.17) is 9.15 Å². The van der Waals surface area contributed by atoms with Crippen LogP contribution in [0.3, 0.4) is 0 Å². The van der Waals surface area contributed by atoms with Crippen molar-refractivity contribution in [3.8, 4) is 0 Å². The van der Waals surface area contributed by atoms with Gasteiger partial charge in [-0.15, -0.1) is 0 Å². The number of amides is 1. The van der Waals surface area contributed by atoms with Gasteiger partial charge in [0.15, 0.2) is 10.4 Å². The van der Waals surface area contributed by atoms with Crippen LogP contribution in [0.5, 0.6) is 0 Å². The van der Waals surface area contributed by atoms with Crippen LogP contribution >= 0.6 is 15.9 Å². The molecule has 0 N–H and O–H groups in total. The molecule has 0 aliphatic heterocycles. The molecule has 124 valence electrons. The Morgan fingerprint density at radius 3 is 2.50 bits per heavy atom. The standard InChI is InChI=1S/C15H23BrN2O4/c1-4-21-14(19)8-11-18(10-5-9-17(2)3)15(20)12-6-7-13(16)22-12/h6-7H,4-5,8-11H2,1-3H3. The number of halogens is 1. The van der Waals surface area contributed by atoms with E-state index < -0.39 is 0 Å². The molecule has 0 unspecified atom stereocenters. The van der Waals surface area contributed by atoms with Gasteiger partial charge in [0, 0.05) is 13.1 Å². The Kier molecular flexibility index (Phi) is 8.19. The second-order valence-electron chi connectivity index (χ2n) is 5.11. The predicted molar refractivity (Wildman–Crippen MR) is 86.7 cm³/mol. The highest BCUT2D eigenvalue weighted by Crippen LogP contribution is 2.16. The first kappa shape index (κ1) is 18.7. The van der Waals surface area contributed by atoms with Crippen molar-refractivity contribution in [1.29, 1.82) is 0 Å². The van der Waals surface area contributed by atoms with Gasteiger partial charge in [0.1, 0.15) is 0 Å². The molecule has 7 heteroatoms.